The van der Waals surface area contributed by atoms with E-state index in [-0.39, 0.29) is 17.4 Å². The van der Waals surface area contributed by atoms with Crippen molar-refractivity contribution in [2.24, 2.45) is 0 Å². The number of halogens is 2. The third kappa shape index (κ3) is 3.43. The monoisotopic (exact) mass is 311 g/mol. The lowest BCUT2D eigenvalue weighted by atomic mass is 9.95. The van der Waals surface area contributed by atoms with Crippen LogP contribution in [0.15, 0.2) is 59.7 Å². The molecule has 1 aliphatic heterocycles. The predicted molar refractivity (Wildman–Crippen MR) is 86.6 cm³/mol. The maximum atomic E-state index is 13.7. The van der Waals surface area contributed by atoms with Gasteiger partial charge < -0.3 is 5.32 Å². The van der Waals surface area contributed by atoms with Crippen molar-refractivity contribution in [1.29, 1.82) is 0 Å². The van der Waals surface area contributed by atoms with Gasteiger partial charge in [-0.1, -0.05) is 36.4 Å². The van der Waals surface area contributed by atoms with Gasteiger partial charge in [0.25, 0.3) is 0 Å². The molecule has 0 bridgehead atoms. The van der Waals surface area contributed by atoms with Crippen LogP contribution in [0.5, 0.6) is 0 Å². The second kappa shape index (κ2) is 6.67. The standard InChI is InChI=1S/C19H15F2NO/c20-17-7-3-1-5-13(17)9-15-11-22-12-16(19(15)23)10-14-6-2-4-8-18(14)21/h1-10,22H,11-12H2/b15-9-,16-10+. The van der Waals surface area contributed by atoms with E-state index < -0.39 is 0 Å². The van der Waals surface area contributed by atoms with E-state index in [1.54, 1.807) is 48.6 Å². The Kier molecular flexibility index (Phi) is 4.44. The molecule has 0 spiro atoms. The van der Waals surface area contributed by atoms with E-state index in [0.717, 1.165) is 0 Å². The Balaban J connectivity index is 1.93. The first kappa shape index (κ1) is 15.3. The van der Waals surface area contributed by atoms with E-state index >= 15 is 0 Å². The predicted octanol–water partition coefficient (Wildman–Crippen LogP) is 3.60. The summed E-state index contributed by atoms with van der Waals surface area (Å²) in [7, 11) is 0. The summed E-state index contributed by atoms with van der Waals surface area (Å²) in [5.41, 5.74) is 1.66. The van der Waals surface area contributed by atoms with Crippen molar-refractivity contribution < 1.29 is 13.6 Å². The molecule has 0 amide bonds. The molecule has 2 aromatic carbocycles. The normalized spacial score (nSPS) is 18.6. The molecule has 4 heteroatoms. The minimum absolute atomic E-state index is 0.185. The smallest absolute Gasteiger partial charge is 0.187 e. The Morgan fingerprint density at radius 2 is 1.22 bits per heavy atom. The van der Waals surface area contributed by atoms with Gasteiger partial charge in [0.1, 0.15) is 11.6 Å². The lowest BCUT2D eigenvalue weighted by Gasteiger charge is -2.18. The van der Waals surface area contributed by atoms with Crippen molar-refractivity contribution in [1.82, 2.24) is 5.32 Å². The number of piperidine rings is 1. The minimum atomic E-state index is -0.377. The highest BCUT2D eigenvalue weighted by Crippen LogP contribution is 2.19. The SMILES string of the molecule is O=C1/C(=C\c2ccccc2F)CNC/C1=C\c1ccccc1F. The third-order valence-electron chi connectivity index (χ3n) is 3.68. The highest BCUT2D eigenvalue weighted by molar-refractivity contribution is 6.14. The van der Waals surface area contributed by atoms with Gasteiger partial charge in [-0.25, -0.2) is 8.78 Å². The number of carbonyl (C=O) groups excluding carboxylic acids is 1. The number of Topliss-reactive ketones (excluding diaryl/α,β-unsaturated/α-hetero) is 1. The van der Waals surface area contributed by atoms with Crippen LogP contribution >= 0.6 is 0 Å². The van der Waals surface area contributed by atoms with E-state index in [2.05, 4.69) is 5.32 Å². The zero-order valence-electron chi connectivity index (χ0n) is 12.4. The summed E-state index contributed by atoms with van der Waals surface area (Å²) in [6, 6.07) is 12.6. The van der Waals surface area contributed by atoms with Gasteiger partial charge in [-0.3, -0.25) is 4.79 Å². The van der Waals surface area contributed by atoms with Gasteiger partial charge in [-0.05, 0) is 24.3 Å². The van der Waals surface area contributed by atoms with Crippen LogP contribution in [0.4, 0.5) is 8.78 Å². The molecule has 1 aliphatic rings. The van der Waals surface area contributed by atoms with Gasteiger partial charge in [0.05, 0.1) is 0 Å². The average Bonchev–Trinajstić information content (AvgIpc) is 2.55. The van der Waals surface area contributed by atoms with Crippen LogP contribution in [-0.4, -0.2) is 18.9 Å². The van der Waals surface area contributed by atoms with E-state index in [1.807, 2.05) is 0 Å². The number of benzene rings is 2. The fourth-order valence-electron chi connectivity index (χ4n) is 2.49. The second-order valence-corrected chi connectivity index (χ2v) is 5.31. The Morgan fingerprint density at radius 1 is 0.783 bits per heavy atom. The van der Waals surface area contributed by atoms with Crippen LogP contribution in [0, 0.1) is 11.6 Å². The summed E-state index contributed by atoms with van der Waals surface area (Å²) < 4.78 is 27.5. The average molecular weight is 311 g/mol. The third-order valence-corrected chi connectivity index (χ3v) is 3.68. The van der Waals surface area contributed by atoms with Crippen molar-refractivity contribution in [2.45, 2.75) is 0 Å². The maximum Gasteiger partial charge on any atom is 0.187 e. The van der Waals surface area contributed by atoms with Crippen LogP contribution in [-0.2, 0) is 4.79 Å². The van der Waals surface area contributed by atoms with Gasteiger partial charge in [0.15, 0.2) is 5.78 Å². The van der Waals surface area contributed by atoms with E-state index in [0.29, 0.717) is 35.4 Å². The zero-order valence-corrected chi connectivity index (χ0v) is 12.4. The number of ketones is 1. The number of rotatable bonds is 2. The molecule has 0 radical (unpaired) electrons. The lowest BCUT2D eigenvalue weighted by Crippen LogP contribution is -2.32. The van der Waals surface area contributed by atoms with Crippen molar-refractivity contribution in [2.75, 3.05) is 13.1 Å². The zero-order chi connectivity index (χ0) is 16.2. The molecule has 23 heavy (non-hydrogen) atoms. The second-order valence-electron chi connectivity index (χ2n) is 5.31. The largest absolute Gasteiger partial charge is 0.308 e. The highest BCUT2D eigenvalue weighted by Gasteiger charge is 2.20. The number of hydrogen-bond donors (Lipinski definition) is 1. The van der Waals surface area contributed by atoms with E-state index in [9.17, 15) is 13.6 Å². The van der Waals surface area contributed by atoms with Gasteiger partial charge in [0.2, 0.25) is 0 Å². The lowest BCUT2D eigenvalue weighted by molar-refractivity contribution is -0.112. The fourth-order valence-corrected chi connectivity index (χ4v) is 2.49. The van der Waals surface area contributed by atoms with Crippen LogP contribution in [0.3, 0.4) is 0 Å². The highest BCUT2D eigenvalue weighted by atomic mass is 19.1. The molecule has 2 nitrogen and oxygen atoms in total. The van der Waals surface area contributed by atoms with E-state index in [1.165, 1.54) is 12.1 Å². The molecule has 0 unspecified atom stereocenters. The van der Waals surface area contributed by atoms with Gasteiger partial charge in [-0.2, -0.15) is 0 Å². The molecule has 0 aliphatic carbocycles. The van der Waals surface area contributed by atoms with Gasteiger partial charge in [-0.15, -0.1) is 0 Å². The molecular weight excluding hydrogens is 296 g/mol. The number of hydrogen-bond acceptors (Lipinski definition) is 2. The summed E-state index contributed by atoms with van der Waals surface area (Å²) in [4.78, 5) is 12.5. The quantitative estimate of drug-likeness (QED) is 0.859. The first-order valence-electron chi connectivity index (χ1n) is 7.31. The molecule has 1 N–H and O–H groups in total. The minimum Gasteiger partial charge on any atom is -0.308 e. The molecule has 116 valence electrons. The molecule has 1 fully saturated rings. The van der Waals surface area contributed by atoms with Crippen molar-refractivity contribution in [3.05, 3.63) is 82.4 Å². The summed E-state index contributed by atoms with van der Waals surface area (Å²) in [5, 5.41) is 3.09. The van der Waals surface area contributed by atoms with Crippen molar-refractivity contribution in [3.8, 4) is 0 Å². The first-order chi connectivity index (χ1) is 11.1. The number of carbonyl (C=O) groups is 1. The topological polar surface area (TPSA) is 29.1 Å². The molecule has 1 saturated heterocycles. The fraction of sp³-hybridized carbons (Fsp3) is 0.105. The Bertz CT molecular complexity index is 743. The summed E-state index contributed by atoms with van der Waals surface area (Å²) in [6.45, 7) is 0.726. The Labute approximate surface area is 133 Å². The van der Waals surface area contributed by atoms with Crippen molar-refractivity contribution in [3.63, 3.8) is 0 Å². The van der Waals surface area contributed by atoms with Crippen LogP contribution in [0.1, 0.15) is 11.1 Å². The van der Waals surface area contributed by atoms with Gasteiger partial charge >= 0.3 is 0 Å². The molecule has 0 aromatic heterocycles. The molecule has 1 heterocycles. The molecule has 2 aromatic rings. The molecule has 0 saturated carbocycles. The number of nitrogens with one attached hydrogen (secondary N) is 1. The van der Waals surface area contributed by atoms with Gasteiger partial charge in [0, 0.05) is 35.4 Å². The van der Waals surface area contributed by atoms with Crippen LogP contribution < -0.4 is 5.32 Å². The Hall–Kier alpha value is -2.59. The molecule has 0 atom stereocenters. The first-order valence-corrected chi connectivity index (χ1v) is 7.31. The van der Waals surface area contributed by atoms with Crippen LogP contribution in [0.25, 0.3) is 12.2 Å². The maximum absolute atomic E-state index is 13.7. The molecular formula is C19H15F2NO. The Morgan fingerprint density at radius 3 is 1.65 bits per heavy atom. The summed E-state index contributed by atoms with van der Waals surface area (Å²) in [5.74, 6) is -0.939. The van der Waals surface area contributed by atoms with E-state index in [4.69, 9.17) is 0 Å². The molecule has 3 rings (SSSR count). The summed E-state index contributed by atoms with van der Waals surface area (Å²) >= 11 is 0. The van der Waals surface area contributed by atoms with Crippen molar-refractivity contribution >= 4 is 17.9 Å². The van der Waals surface area contributed by atoms with Crippen LogP contribution in [0.2, 0.25) is 0 Å². The summed E-state index contributed by atoms with van der Waals surface area (Å²) in [6.07, 6.45) is 3.08.